The Morgan fingerprint density at radius 3 is 2.45 bits per heavy atom. The zero-order chi connectivity index (χ0) is 22.2. The van der Waals surface area contributed by atoms with Gasteiger partial charge in [-0.25, -0.2) is 0 Å². The highest BCUT2D eigenvalue weighted by atomic mass is 79.9. The van der Waals surface area contributed by atoms with Gasteiger partial charge in [0.2, 0.25) is 5.91 Å². The van der Waals surface area contributed by atoms with E-state index in [1.165, 1.54) is 0 Å². The van der Waals surface area contributed by atoms with Crippen molar-refractivity contribution in [3.05, 3.63) is 58.6 Å². The molecule has 0 heterocycles. The number of halogens is 1. The summed E-state index contributed by atoms with van der Waals surface area (Å²) in [6.45, 7) is 1.94. The van der Waals surface area contributed by atoms with E-state index >= 15 is 0 Å². The molecule has 0 saturated heterocycles. The molecular weight excluding hydrogens is 460 g/mol. The third-order valence-electron chi connectivity index (χ3n) is 5.53. The fourth-order valence-electron chi connectivity index (χ4n) is 3.71. The van der Waals surface area contributed by atoms with Crippen LogP contribution in [0.25, 0.3) is 0 Å². The normalized spacial score (nSPS) is 14.7. The molecule has 7 heteroatoms. The van der Waals surface area contributed by atoms with E-state index in [9.17, 15) is 9.59 Å². The second kappa shape index (κ2) is 11.2. The van der Waals surface area contributed by atoms with Gasteiger partial charge in [0.05, 0.1) is 7.11 Å². The van der Waals surface area contributed by atoms with E-state index in [4.69, 9.17) is 9.47 Å². The topological polar surface area (TPSA) is 67.9 Å². The van der Waals surface area contributed by atoms with Gasteiger partial charge in [0.25, 0.3) is 5.91 Å². The number of nitrogens with one attached hydrogen (secondary N) is 1. The van der Waals surface area contributed by atoms with Crippen molar-refractivity contribution in [2.24, 2.45) is 0 Å². The van der Waals surface area contributed by atoms with Gasteiger partial charge in [-0.2, -0.15) is 0 Å². The van der Waals surface area contributed by atoms with Gasteiger partial charge >= 0.3 is 0 Å². The fraction of sp³-hybridized carbons (Fsp3) is 0.417. The van der Waals surface area contributed by atoms with Gasteiger partial charge in [0.15, 0.2) is 6.61 Å². The first-order valence-corrected chi connectivity index (χ1v) is 11.4. The zero-order valence-corrected chi connectivity index (χ0v) is 19.6. The van der Waals surface area contributed by atoms with Crippen molar-refractivity contribution in [1.29, 1.82) is 0 Å². The summed E-state index contributed by atoms with van der Waals surface area (Å²) in [5.74, 6) is 0.913. The van der Waals surface area contributed by atoms with Crippen LogP contribution in [0.2, 0.25) is 0 Å². The summed E-state index contributed by atoms with van der Waals surface area (Å²) in [6.07, 6.45) is 4.27. The van der Waals surface area contributed by atoms with Crippen molar-refractivity contribution in [3.8, 4) is 11.5 Å². The minimum absolute atomic E-state index is 0.125. The van der Waals surface area contributed by atoms with Crippen molar-refractivity contribution in [3.63, 3.8) is 0 Å². The van der Waals surface area contributed by atoms with Crippen LogP contribution in [0.1, 0.15) is 38.2 Å². The highest BCUT2D eigenvalue weighted by Crippen LogP contribution is 2.20. The predicted molar refractivity (Wildman–Crippen MR) is 123 cm³/mol. The predicted octanol–water partition coefficient (Wildman–Crippen LogP) is 4.31. The number of hydrogen-bond donors (Lipinski definition) is 1. The molecule has 1 atom stereocenters. The lowest BCUT2D eigenvalue weighted by atomic mass is 10.1. The third kappa shape index (κ3) is 6.72. The Morgan fingerprint density at radius 2 is 1.81 bits per heavy atom. The maximum atomic E-state index is 13.1. The quantitative estimate of drug-likeness (QED) is 0.570. The number of carbonyl (C=O) groups excluding carboxylic acids is 2. The molecule has 166 valence electrons. The van der Waals surface area contributed by atoms with Gasteiger partial charge in [-0.05, 0) is 61.7 Å². The van der Waals surface area contributed by atoms with E-state index in [0.717, 1.165) is 35.7 Å². The Bertz CT molecular complexity index is 881. The molecule has 1 fully saturated rings. The van der Waals surface area contributed by atoms with E-state index in [-0.39, 0.29) is 24.5 Å². The first-order chi connectivity index (χ1) is 15.0. The summed E-state index contributed by atoms with van der Waals surface area (Å²) in [4.78, 5) is 27.6. The molecule has 2 aromatic rings. The zero-order valence-electron chi connectivity index (χ0n) is 18.0. The molecule has 0 spiro atoms. The summed E-state index contributed by atoms with van der Waals surface area (Å²) >= 11 is 3.47. The van der Waals surface area contributed by atoms with Gasteiger partial charge in [-0.3, -0.25) is 9.59 Å². The molecule has 31 heavy (non-hydrogen) atoms. The van der Waals surface area contributed by atoms with E-state index in [2.05, 4.69) is 21.2 Å². The largest absolute Gasteiger partial charge is 0.497 e. The second-order valence-electron chi connectivity index (χ2n) is 7.78. The summed E-state index contributed by atoms with van der Waals surface area (Å²) in [6, 6.07) is 14.4. The van der Waals surface area contributed by atoms with Crippen molar-refractivity contribution in [1.82, 2.24) is 10.2 Å². The van der Waals surface area contributed by atoms with Crippen molar-refractivity contribution < 1.29 is 19.1 Å². The molecule has 0 radical (unpaired) electrons. The average molecular weight is 489 g/mol. The number of rotatable bonds is 9. The molecule has 0 bridgehead atoms. The summed E-state index contributed by atoms with van der Waals surface area (Å²) < 4.78 is 11.8. The molecule has 6 nitrogen and oxygen atoms in total. The lowest BCUT2D eigenvalue weighted by molar-refractivity contribution is -0.142. The first kappa shape index (κ1) is 23.1. The molecule has 1 saturated carbocycles. The molecular formula is C24H29BrN2O4. The molecule has 2 aromatic carbocycles. The number of nitrogens with zero attached hydrogens (tertiary/aromatic N) is 1. The van der Waals surface area contributed by atoms with Gasteiger partial charge < -0.3 is 19.7 Å². The van der Waals surface area contributed by atoms with Crippen LogP contribution in [0.15, 0.2) is 53.0 Å². The second-order valence-corrected chi connectivity index (χ2v) is 8.70. The van der Waals surface area contributed by atoms with Crippen molar-refractivity contribution >= 4 is 27.7 Å². The Hall–Kier alpha value is -2.54. The molecule has 0 aromatic heterocycles. The number of hydrogen-bond acceptors (Lipinski definition) is 4. The summed E-state index contributed by atoms with van der Waals surface area (Å²) in [7, 11) is 1.59. The van der Waals surface area contributed by atoms with Gasteiger partial charge in [-0.15, -0.1) is 0 Å². The minimum Gasteiger partial charge on any atom is -0.497 e. The van der Waals surface area contributed by atoms with Crippen LogP contribution in [0, 0.1) is 0 Å². The van der Waals surface area contributed by atoms with E-state index in [1.54, 1.807) is 43.2 Å². The standard InChI is InChI=1S/C24H29BrN2O4/c1-17(24(29)26-20-8-3-4-9-20)27(15-18-6-5-7-19(25)14-18)23(28)16-31-22-12-10-21(30-2)11-13-22/h5-7,10-14,17,20H,3-4,8-9,15-16H2,1-2H3,(H,26,29)/t17-/m0/s1. The highest BCUT2D eigenvalue weighted by Gasteiger charge is 2.28. The Morgan fingerprint density at radius 1 is 1.13 bits per heavy atom. The molecule has 1 aliphatic rings. The van der Waals surface area contributed by atoms with Crippen LogP contribution in [-0.2, 0) is 16.1 Å². The van der Waals surface area contributed by atoms with Crippen LogP contribution in [0.3, 0.4) is 0 Å². The maximum absolute atomic E-state index is 13.1. The molecule has 1 aliphatic carbocycles. The third-order valence-corrected chi connectivity index (χ3v) is 6.03. The highest BCUT2D eigenvalue weighted by molar-refractivity contribution is 9.10. The lowest BCUT2D eigenvalue weighted by Crippen LogP contribution is -2.50. The van der Waals surface area contributed by atoms with Crippen LogP contribution in [0.4, 0.5) is 0 Å². The van der Waals surface area contributed by atoms with Crippen LogP contribution >= 0.6 is 15.9 Å². The Balaban J connectivity index is 1.69. The van der Waals surface area contributed by atoms with Gasteiger partial charge in [0.1, 0.15) is 17.5 Å². The molecule has 2 amide bonds. The average Bonchev–Trinajstić information content (AvgIpc) is 3.28. The maximum Gasteiger partial charge on any atom is 0.261 e. The molecule has 0 aliphatic heterocycles. The Labute approximate surface area is 192 Å². The van der Waals surface area contributed by atoms with Crippen LogP contribution in [0.5, 0.6) is 11.5 Å². The monoisotopic (exact) mass is 488 g/mol. The number of carbonyl (C=O) groups is 2. The van der Waals surface area contributed by atoms with E-state index in [0.29, 0.717) is 18.0 Å². The number of methoxy groups -OCH3 is 1. The molecule has 0 unspecified atom stereocenters. The number of benzene rings is 2. The van der Waals surface area contributed by atoms with Crippen LogP contribution in [-0.4, -0.2) is 42.5 Å². The number of ether oxygens (including phenoxy) is 2. The number of amides is 2. The minimum atomic E-state index is -0.605. The fourth-order valence-corrected chi connectivity index (χ4v) is 4.15. The Kier molecular flexibility index (Phi) is 8.35. The van der Waals surface area contributed by atoms with Crippen molar-refractivity contribution in [2.45, 2.75) is 51.2 Å². The molecule has 3 rings (SSSR count). The summed E-state index contributed by atoms with van der Waals surface area (Å²) in [5.41, 5.74) is 0.938. The SMILES string of the molecule is COc1ccc(OCC(=O)N(Cc2cccc(Br)c2)[C@@H](C)C(=O)NC2CCCC2)cc1. The first-order valence-electron chi connectivity index (χ1n) is 10.6. The van der Waals surface area contributed by atoms with Crippen molar-refractivity contribution in [2.75, 3.05) is 13.7 Å². The smallest absolute Gasteiger partial charge is 0.261 e. The van der Waals surface area contributed by atoms with E-state index in [1.807, 2.05) is 24.3 Å². The molecule has 1 N–H and O–H groups in total. The lowest BCUT2D eigenvalue weighted by Gasteiger charge is -2.29. The van der Waals surface area contributed by atoms with Gasteiger partial charge in [-0.1, -0.05) is 40.9 Å². The van der Waals surface area contributed by atoms with E-state index < -0.39 is 6.04 Å². The summed E-state index contributed by atoms with van der Waals surface area (Å²) in [5, 5.41) is 3.10. The van der Waals surface area contributed by atoms with Gasteiger partial charge in [0, 0.05) is 17.1 Å². The van der Waals surface area contributed by atoms with Crippen LogP contribution < -0.4 is 14.8 Å².